The van der Waals surface area contributed by atoms with Crippen LogP contribution in [-0.2, 0) is 21.0 Å². The van der Waals surface area contributed by atoms with E-state index >= 15 is 0 Å². The third-order valence-electron chi connectivity index (χ3n) is 4.52. The van der Waals surface area contributed by atoms with Crippen LogP contribution < -0.4 is 4.74 Å². The number of ether oxygens (including phenoxy) is 1. The van der Waals surface area contributed by atoms with Crippen molar-refractivity contribution in [2.24, 2.45) is 0 Å². The van der Waals surface area contributed by atoms with Crippen LogP contribution in [0.1, 0.15) is 5.56 Å². The van der Waals surface area contributed by atoms with Crippen molar-refractivity contribution in [3.05, 3.63) is 60.2 Å². The number of rotatable bonds is 5. The highest BCUT2D eigenvalue weighted by Crippen LogP contribution is 2.30. The Bertz CT molecular complexity index is 940. The molecule has 0 aromatic heterocycles. The second kappa shape index (κ2) is 8.42. The first kappa shape index (κ1) is 21.1. The molecule has 0 spiro atoms. The average molecular weight is 428 g/mol. The van der Waals surface area contributed by atoms with Gasteiger partial charge in [0.1, 0.15) is 5.75 Å². The predicted molar refractivity (Wildman–Crippen MR) is 98.7 cm³/mol. The summed E-state index contributed by atoms with van der Waals surface area (Å²) in [6, 6.07) is 12.1. The van der Waals surface area contributed by atoms with E-state index < -0.39 is 21.8 Å². The van der Waals surface area contributed by atoms with Crippen molar-refractivity contribution in [2.45, 2.75) is 11.1 Å². The molecule has 0 unspecified atom stereocenters. The molecule has 2 aromatic carbocycles. The zero-order valence-corrected chi connectivity index (χ0v) is 16.1. The number of sulfonamides is 1. The van der Waals surface area contributed by atoms with E-state index in [4.69, 9.17) is 4.74 Å². The van der Waals surface area contributed by atoms with E-state index in [9.17, 15) is 26.4 Å². The molecule has 1 aliphatic rings. The molecule has 1 amide bonds. The largest absolute Gasteiger partial charge is 0.484 e. The first-order chi connectivity index (χ1) is 13.7. The molecule has 0 atom stereocenters. The van der Waals surface area contributed by atoms with Gasteiger partial charge in [-0.1, -0.05) is 18.2 Å². The van der Waals surface area contributed by atoms with Gasteiger partial charge < -0.3 is 9.64 Å². The van der Waals surface area contributed by atoms with E-state index in [0.29, 0.717) is 0 Å². The van der Waals surface area contributed by atoms with Crippen molar-refractivity contribution < 1.29 is 31.1 Å². The monoisotopic (exact) mass is 428 g/mol. The van der Waals surface area contributed by atoms with Crippen molar-refractivity contribution in [2.75, 3.05) is 32.8 Å². The summed E-state index contributed by atoms with van der Waals surface area (Å²) in [6.07, 6.45) is -4.44. The molecule has 1 heterocycles. The fourth-order valence-corrected chi connectivity index (χ4v) is 4.34. The number of hydrogen-bond acceptors (Lipinski definition) is 4. The zero-order valence-electron chi connectivity index (χ0n) is 15.3. The normalized spacial score (nSPS) is 15.9. The lowest BCUT2D eigenvalue weighted by Crippen LogP contribution is -2.51. The summed E-state index contributed by atoms with van der Waals surface area (Å²) < 4.78 is 69.4. The van der Waals surface area contributed by atoms with Gasteiger partial charge in [0, 0.05) is 26.2 Å². The lowest BCUT2D eigenvalue weighted by Gasteiger charge is -2.34. The van der Waals surface area contributed by atoms with Crippen molar-refractivity contribution in [1.29, 1.82) is 0 Å². The fraction of sp³-hybridized carbons (Fsp3) is 0.316. The van der Waals surface area contributed by atoms with Gasteiger partial charge in [-0.15, -0.1) is 0 Å². The molecule has 156 valence electrons. The van der Waals surface area contributed by atoms with Crippen LogP contribution in [0.15, 0.2) is 59.5 Å². The Morgan fingerprint density at radius 2 is 1.52 bits per heavy atom. The van der Waals surface area contributed by atoms with E-state index in [2.05, 4.69) is 0 Å². The first-order valence-electron chi connectivity index (χ1n) is 8.81. The van der Waals surface area contributed by atoms with Crippen LogP contribution in [-0.4, -0.2) is 56.3 Å². The van der Waals surface area contributed by atoms with E-state index in [1.165, 1.54) is 21.3 Å². The molecule has 1 fully saturated rings. The van der Waals surface area contributed by atoms with E-state index in [1.807, 2.05) is 0 Å². The smallest absolute Gasteiger partial charge is 0.416 e. The number of alkyl halides is 3. The van der Waals surface area contributed by atoms with Crippen LogP contribution in [0, 0.1) is 0 Å². The van der Waals surface area contributed by atoms with Gasteiger partial charge in [-0.2, -0.15) is 17.5 Å². The molecular weight excluding hydrogens is 409 g/mol. The number of carbonyl (C=O) groups is 1. The molecule has 29 heavy (non-hydrogen) atoms. The number of hydrogen-bond donors (Lipinski definition) is 0. The Morgan fingerprint density at radius 1 is 0.931 bits per heavy atom. The van der Waals surface area contributed by atoms with Crippen LogP contribution in [0.3, 0.4) is 0 Å². The lowest BCUT2D eigenvalue weighted by atomic mass is 10.2. The van der Waals surface area contributed by atoms with Crippen LogP contribution >= 0.6 is 0 Å². The quantitative estimate of drug-likeness (QED) is 0.735. The standard InChI is InChI=1S/C19H19F3N2O4S/c20-19(21,22)15-6-8-16(9-7-15)28-14-18(25)23-10-12-24(13-11-23)29(26,27)17-4-2-1-3-5-17/h1-9H,10-14H2. The summed E-state index contributed by atoms with van der Waals surface area (Å²) in [5.74, 6) is -0.210. The number of carbonyl (C=O) groups excluding carboxylic acids is 1. The third-order valence-corrected chi connectivity index (χ3v) is 6.43. The molecular formula is C19H19F3N2O4S. The Morgan fingerprint density at radius 3 is 2.07 bits per heavy atom. The SMILES string of the molecule is O=C(COc1ccc(C(F)(F)F)cc1)N1CCN(S(=O)(=O)c2ccccc2)CC1. The van der Waals surface area contributed by atoms with Gasteiger partial charge >= 0.3 is 6.18 Å². The Kier molecular flexibility index (Phi) is 6.13. The zero-order chi connectivity index (χ0) is 21.1. The maximum atomic E-state index is 12.6. The first-order valence-corrected chi connectivity index (χ1v) is 10.2. The fourth-order valence-electron chi connectivity index (χ4n) is 2.90. The minimum Gasteiger partial charge on any atom is -0.484 e. The highest BCUT2D eigenvalue weighted by molar-refractivity contribution is 7.89. The van der Waals surface area contributed by atoms with Gasteiger partial charge in [0.25, 0.3) is 5.91 Å². The molecule has 3 rings (SSSR count). The number of nitrogens with zero attached hydrogens (tertiary/aromatic N) is 2. The predicted octanol–water partition coefficient (Wildman–Crippen LogP) is 2.62. The molecule has 2 aromatic rings. The van der Waals surface area contributed by atoms with Gasteiger partial charge in [0.15, 0.2) is 6.61 Å². The summed E-state index contributed by atoms with van der Waals surface area (Å²) in [6.45, 7) is 0.395. The van der Waals surface area contributed by atoms with Crippen LogP contribution in [0.25, 0.3) is 0 Å². The molecule has 1 saturated heterocycles. The summed E-state index contributed by atoms with van der Waals surface area (Å²) >= 11 is 0. The van der Waals surface area contributed by atoms with Crippen molar-refractivity contribution >= 4 is 15.9 Å². The summed E-state index contributed by atoms with van der Waals surface area (Å²) in [5, 5.41) is 0. The molecule has 0 N–H and O–H groups in total. The van der Waals surface area contributed by atoms with Crippen LogP contribution in [0.5, 0.6) is 5.75 Å². The molecule has 0 bridgehead atoms. The minimum absolute atomic E-state index is 0.150. The maximum absolute atomic E-state index is 12.6. The third kappa shape index (κ3) is 5.07. The second-order valence-corrected chi connectivity index (χ2v) is 8.35. The van der Waals surface area contributed by atoms with Crippen molar-refractivity contribution in [3.63, 3.8) is 0 Å². The average Bonchev–Trinajstić information content (AvgIpc) is 2.72. The topological polar surface area (TPSA) is 66.9 Å². The molecule has 0 aliphatic carbocycles. The van der Waals surface area contributed by atoms with Gasteiger partial charge in [-0.3, -0.25) is 4.79 Å². The summed E-state index contributed by atoms with van der Waals surface area (Å²) in [4.78, 5) is 13.9. The highest BCUT2D eigenvalue weighted by atomic mass is 32.2. The number of piperazine rings is 1. The number of halogens is 3. The minimum atomic E-state index is -4.44. The van der Waals surface area contributed by atoms with Crippen molar-refractivity contribution in [1.82, 2.24) is 9.21 Å². The van der Waals surface area contributed by atoms with Gasteiger partial charge in [-0.25, -0.2) is 8.42 Å². The molecule has 6 nitrogen and oxygen atoms in total. The number of amides is 1. The van der Waals surface area contributed by atoms with E-state index in [0.717, 1.165) is 24.3 Å². The van der Waals surface area contributed by atoms with Gasteiger partial charge in [-0.05, 0) is 36.4 Å². The lowest BCUT2D eigenvalue weighted by molar-refractivity contribution is -0.138. The van der Waals surface area contributed by atoms with E-state index in [1.54, 1.807) is 18.2 Å². The van der Waals surface area contributed by atoms with E-state index in [-0.39, 0.29) is 49.3 Å². The summed E-state index contributed by atoms with van der Waals surface area (Å²) in [5.41, 5.74) is -0.799. The van der Waals surface area contributed by atoms with Gasteiger partial charge in [0.2, 0.25) is 10.0 Å². The Labute approximate surface area is 166 Å². The van der Waals surface area contributed by atoms with Gasteiger partial charge in [0.05, 0.1) is 10.5 Å². The highest BCUT2D eigenvalue weighted by Gasteiger charge is 2.31. The Balaban J connectivity index is 1.51. The maximum Gasteiger partial charge on any atom is 0.416 e. The second-order valence-electron chi connectivity index (χ2n) is 6.41. The molecule has 10 heteroatoms. The van der Waals surface area contributed by atoms with Crippen molar-refractivity contribution in [3.8, 4) is 5.75 Å². The summed E-state index contributed by atoms with van der Waals surface area (Å²) in [7, 11) is -3.61. The molecule has 0 saturated carbocycles. The number of benzene rings is 2. The Hall–Kier alpha value is -2.59. The van der Waals surface area contributed by atoms with Crippen LogP contribution in [0.4, 0.5) is 13.2 Å². The van der Waals surface area contributed by atoms with Crippen LogP contribution in [0.2, 0.25) is 0 Å². The molecule has 1 aliphatic heterocycles. The molecule has 0 radical (unpaired) electrons.